The first-order chi connectivity index (χ1) is 11.5. The third-order valence-electron chi connectivity index (χ3n) is 3.43. The third kappa shape index (κ3) is 4.83. The molecule has 0 bridgehead atoms. The molecule has 0 spiro atoms. The van der Waals surface area contributed by atoms with E-state index in [2.05, 4.69) is 33.7 Å². The predicted molar refractivity (Wildman–Crippen MR) is 95.7 cm³/mol. The lowest BCUT2D eigenvalue weighted by Crippen LogP contribution is -2.47. The highest BCUT2D eigenvalue weighted by molar-refractivity contribution is 9.10. The van der Waals surface area contributed by atoms with Gasteiger partial charge in [0.05, 0.1) is 5.56 Å². The van der Waals surface area contributed by atoms with Crippen LogP contribution in [0.2, 0.25) is 0 Å². The molecule has 0 saturated carbocycles. The minimum Gasteiger partial charge on any atom is -0.481 e. The average molecular weight is 391 g/mol. The molecule has 0 aliphatic carbocycles. The molecule has 2 aromatic rings. The van der Waals surface area contributed by atoms with Crippen molar-refractivity contribution in [2.75, 3.05) is 0 Å². The normalized spacial score (nSPS) is 11.5. The molecule has 0 aromatic heterocycles. The maximum Gasteiger partial charge on any atom is 0.279 e. The molecular formula is C18H19BrN2O3. The van der Waals surface area contributed by atoms with Crippen LogP contribution in [-0.2, 0) is 11.2 Å². The molecule has 0 saturated heterocycles. The number of benzene rings is 2. The molecule has 1 atom stereocenters. The second-order valence-electron chi connectivity index (χ2n) is 5.18. The summed E-state index contributed by atoms with van der Waals surface area (Å²) in [6, 6.07) is 14.5. The van der Waals surface area contributed by atoms with Crippen molar-refractivity contribution in [3.63, 3.8) is 0 Å². The molecule has 5 nitrogen and oxygen atoms in total. The van der Waals surface area contributed by atoms with E-state index in [-0.39, 0.29) is 0 Å². The van der Waals surface area contributed by atoms with Crippen LogP contribution in [0.3, 0.4) is 0 Å². The maximum atomic E-state index is 12.0. The number of hydrazine groups is 1. The highest BCUT2D eigenvalue weighted by atomic mass is 79.9. The van der Waals surface area contributed by atoms with E-state index in [1.54, 1.807) is 31.2 Å². The Hall–Kier alpha value is -2.34. The van der Waals surface area contributed by atoms with Crippen molar-refractivity contribution in [1.82, 2.24) is 10.9 Å². The van der Waals surface area contributed by atoms with E-state index in [4.69, 9.17) is 4.74 Å². The molecule has 24 heavy (non-hydrogen) atoms. The van der Waals surface area contributed by atoms with Gasteiger partial charge in [-0.05, 0) is 59.1 Å². The summed E-state index contributed by atoms with van der Waals surface area (Å²) in [5.41, 5.74) is 6.37. The van der Waals surface area contributed by atoms with Gasteiger partial charge in [-0.25, -0.2) is 0 Å². The van der Waals surface area contributed by atoms with Gasteiger partial charge in [-0.2, -0.15) is 0 Å². The van der Waals surface area contributed by atoms with Crippen molar-refractivity contribution < 1.29 is 14.3 Å². The molecule has 0 heterocycles. The quantitative estimate of drug-likeness (QED) is 0.770. The van der Waals surface area contributed by atoms with Crippen molar-refractivity contribution >= 4 is 27.7 Å². The average Bonchev–Trinajstić information content (AvgIpc) is 2.60. The van der Waals surface area contributed by atoms with Crippen molar-refractivity contribution in [3.8, 4) is 5.75 Å². The van der Waals surface area contributed by atoms with E-state index in [0.717, 1.165) is 6.42 Å². The predicted octanol–water partition coefficient (Wildman–Crippen LogP) is 3.24. The monoisotopic (exact) mass is 390 g/mol. The van der Waals surface area contributed by atoms with E-state index in [1.165, 1.54) is 5.56 Å². The van der Waals surface area contributed by atoms with Crippen molar-refractivity contribution in [1.29, 1.82) is 0 Å². The Morgan fingerprint density at radius 3 is 2.38 bits per heavy atom. The molecule has 0 unspecified atom stereocenters. The number of aryl methyl sites for hydroxylation is 1. The molecule has 2 amide bonds. The lowest BCUT2D eigenvalue weighted by atomic mass is 10.2. The summed E-state index contributed by atoms with van der Waals surface area (Å²) >= 11 is 3.29. The van der Waals surface area contributed by atoms with E-state index in [1.807, 2.05) is 24.3 Å². The van der Waals surface area contributed by atoms with Crippen LogP contribution in [0, 0.1) is 0 Å². The molecule has 2 N–H and O–H groups in total. The van der Waals surface area contributed by atoms with Gasteiger partial charge in [0.2, 0.25) is 0 Å². The van der Waals surface area contributed by atoms with E-state index in [0.29, 0.717) is 15.8 Å². The summed E-state index contributed by atoms with van der Waals surface area (Å²) in [6.07, 6.45) is 0.203. The largest absolute Gasteiger partial charge is 0.481 e. The Kier molecular flexibility index (Phi) is 6.37. The number of nitrogens with one attached hydrogen (secondary N) is 2. The molecular weight excluding hydrogens is 372 g/mol. The fourth-order valence-corrected chi connectivity index (χ4v) is 2.46. The first-order valence-electron chi connectivity index (χ1n) is 7.61. The Balaban J connectivity index is 1.87. The maximum absolute atomic E-state index is 12.0. The van der Waals surface area contributed by atoms with Gasteiger partial charge in [-0.3, -0.25) is 20.4 Å². The summed E-state index contributed by atoms with van der Waals surface area (Å²) in [7, 11) is 0. The number of hydrogen-bond donors (Lipinski definition) is 2. The van der Waals surface area contributed by atoms with Gasteiger partial charge in [0, 0.05) is 4.47 Å². The molecule has 0 radical (unpaired) electrons. The lowest BCUT2D eigenvalue weighted by Gasteiger charge is -2.15. The van der Waals surface area contributed by atoms with Crippen LogP contribution in [-0.4, -0.2) is 17.9 Å². The molecule has 126 valence electrons. The van der Waals surface area contributed by atoms with E-state index >= 15 is 0 Å². The number of amides is 2. The lowest BCUT2D eigenvalue weighted by molar-refractivity contribution is -0.128. The summed E-state index contributed by atoms with van der Waals surface area (Å²) in [5.74, 6) is -0.239. The number of rotatable bonds is 5. The van der Waals surface area contributed by atoms with Gasteiger partial charge in [0.1, 0.15) is 5.75 Å². The van der Waals surface area contributed by atoms with Crippen LogP contribution in [0.5, 0.6) is 5.75 Å². The second-order valence-corrected chi connectivity index (χ2v) is 6.04. The topological polar surface area (TPSA) is 67.4 Å². The van der Waals surface area contributed by atoms with Gasteiger partial charge in [0.15, 0.2) is 6.10 Å². The minimum absolute atomic E-state index is 0.407. The van der Waals surface area contributed by atoms with Gasteiger partial charge >= 0.3 is 0 Å². The summed E-state index contributed by atoms with van der Waals surface area (Å²) < 4.78 is 6.21. The third-order valence-corrected chi connectivity index (χ3v) is 4.12. The van der Waals surface area contributed by atoms with Crippen LogP contribution in [0.25, 0.3) is 0 Å². The first-order valence-corrected chi connectivity index (χ1v) is 8.41. The van der Waals surface area contributed by atoms with Crippen molar-refractivity contribution in [3.05, 3.63) is 64.1 Å². The highest BCUT2D eigenvalue weighted by Crippen LogP contribution is 2.16. The van der Waals surface area contributed by atoms with E-state index < -0.39 is 17.9 Å². The van der Waals surface area contributed by atoms with Gasteiger partial charge < -0.3 is 4.74 Å². The standard InChI is InChI=1S/C18H19BrN2O3/c1-3-13-8-10-14(11-9-13)24-12(2)17(22)20-21-18(23)15-6-4-5-7-16(15)19/h4-12H,3H2,1-2H3,(H,20,22)(H,21,23)/t12-/m0/s1. The van der Waals surface area contributed by atoms with Crippen LogP contribution >= 0.6 is 15.9 Å². The van der Waals surface area contributed by atoms with Gasteiger partial charge in [-0.15, -0.1) is 0 Å². The first kappa shape index (κ1) is 18.0. The van der Waals surface area contributed by atoms with Gasteiger partial charge in [-0.1, -0.05) is 31.2 Å². The zero-order valence-corrected chi connectivity index (χ0v) is 15.1. The summed E-state index contributed by atoms with van der Waals surface area (Å²) in [4.78, 5) is 24.1. The minimum atomic E-state index is -0.739. The number of ether oxygens (including phenoxy) is 1. The van der Waals surface area contributed by atoms with Gasteiger partial charge in [0.25, 0.3) is 11.8 Å². The highest BCUT2D eigenvalue weighted by Gasteiger charge is 2.16. The zero-order valence-electron chi connectivity index (χ0n) is 13.5. The number of carbonyl (C=O) groups is 2. The fourth-order valence-electron chi connectivity index (χ4n) is 1.99. The molecule has 6 heteroatoms. The molecule has 0 aliphatic rings. The van der Waals surface area contributed by atoms with Crippen LogP contribution in [0.4, 0.5) is 0 Å². The molecule has 0 aliphatic heterocycles. The van der Waals surface area contributed by atoms with Crippen LogP contribution in [0.1, 0.15) is 29.8 Å². The smallest absolute Gasteiger partial charge is 0.279 e. The summed E-state index contributed by atoms with van der Waals surface area (Å²) in [6.45, 7) is 3.69. The second kappa shape index (κ2) is 8.49. The Labute approximate surface area is 149 Å². The number of carbonyl (C=O) groups excluding carboxylic acids is 2. The Morgan fingerprint density at radius 2 is 1.75 bits per heavy atom. The Bertz CT molecular complexity index is 716. The van der Waals surface area contributed by atoms with Crippen molar-refractivity contribution in [2.24, 2.45) is 0 Å². The fraction of sp³-hybridized carbons (Fsp3) is 0.222. The SMILES string of the molecule is CCc1ccc(O[C@@H](C)C(=O)NNC(=O)c2ccccc2Br)cc1. The van der Waals surface area contributed by atoms with E-state index in [9.17, 15) is 9.59 Å². The summed E-state index contributed by atoms with van der Waals surface area (Å²) in [5, 5.41) is 0. The molecule has 0 fully saturated rings. The van der Waals surface area contributed by atoms with Crippen LogP contribution in [0.15, 0.2) is 53.0 Å². The van der Waals surface area contributed by atoms with Crippen LogP contribution < -0.4 is 15.6 Å². The molecule has 2 rings (SSSR count). The van der Waals surface area contributed by atoms with Crippen molar-refractivity contribution in [2.45, 2.75) is 26.4 Å². The number of halogens is 1. The molecule has 2 aromatic carbocycles. The Morgan fingerprint density at radius 1 is 1.08 bits per heavy atom. The zero-order chi connectivity index (χ0) is 17.5. The number of hydrogen-bond acceptors (Lipinski definition) is 3.